The molecule has 47 heavy (non-hydrogen) atoms. The fraction of sp³-hybridized carbons (Fsp3) is 0.548. The molecule has 2 fully saturated rings. The molecule has 0 radical (unpaired) electrons. The van der Waals surface area contributed by atoms with Crippen LogP contribution in [0.15, 0.2) is 37.2 Å². The van der Waals surface area contributed by atoms with Gasteiger partial charge in [0.1, 0.15) is 10.8 Å². The number of rotatable bonds is 10. The van der Waals surface area contributed by atoms with E-state index in [1.54, 1.807) is 22.5 Å². The van der Waals surface area contributed by atoms with E-state index >= 15 is 0 Å². The monoisotopic (exact) mass is 709 g/mol. The largest absolute Gasteiger partial charge is 0.316 e. The van der Waals surface area contributed by atoms with Crippen LogP contribution in [0.1, 0.15) is 54.3 Å². The Bertz CT molecular complexity index is 1540. The maximum Gasteiger partial charge on any atom is 0.223 e. The molecule has 11 nitrogen and oxygen atoms in total. The van der Waals surface area contributed by atoms with Gasteiger partial charge in [0, 0.05) is 55.3 Å². The summed E-state index contributed by atoms with van der Waals surface area (Å²) < 4.78 is 29.0. The van der Waals surface area contributed by atoms with Gasteiger partial charge in [-0.15, -0.1) is 34.3 Å². The molecule has 4 aromatic rings. The van der Waals surface area contributed by atoms with E-state index in [0.29, 0.717) is 29.3 Å². The van der Waals surface area contributed by atoms with Gasteiger partial charge >= 0.3 is 0 Å². The van der Waals surface area contributed by atoms with E-state index in [4.69, 9.17) is 11.6 Å². The molecule has 0 bridgehead atoms. The third-order valence-electron chi connectivity index (χ3n) is 7.45. The van der Waals surface area contributed by atoms with E-state index in [-0.39, 0.29) is 23.3 Å². The number of nitrogens with one attached hydrogen (secondary N) is 2. The molecule has 2 unspecified atom stereocenters. The van der Waals surface area contributed by atoms with Crippen LogP contribution in [0.5, 0.6) is 0 Å². The molecule has 6 heterocycles. The first-order chi connectivity index (χ1) is 22.6. The predicted octanol–water partition coefficient (Wildman–Crippen LogP) is 5.38. The highest BCUT2D eigenvalue weighted by atomic mass is 35.5. The molecular formula is C31H42ClF2N9O2S2. The van der Waals surface area contributed by atoms with Gasteiger partial charge in [-0.2, -0.15) is 10.2 Å². The number of halogens is 3. The lowest BCUT2D eigenvalue weighted by atomic mass is 9.98. The lowest BCUT2D eigenvalue weighted by Gasteiger charge is -2.32. The number of ketones is 1. The number of hydrogen-bond acceptors (Lipinski definition) is 10. The summed E-state index contributed by atoms with van der Waals surface area (Å²) in [5, 5.41) is 15.5. The van der Waals surface area contributed by atoms with Crippen molar-refractivity contribution in [3.63, 3.8) is 0 Å². The molecule has 2 saturated heterocycles. The molecule has 256 valence electrons. The number of nitrogens with zero attached hydrogens (tertiary/aromatic N) is 7. The van der Waals surface area contributed by atoms with Gasteiger partial charge in [-0.1, -0.05) is 0 Å². The van der Waals surface area contributed by atoms with Crippen molar-refractivity contribution >= 4 is 51.1 Å². The second kappa shape index (κ2) is 19.0. The van der Waals surface area contributed by atoms with Gasteiger partial charge in [-0.3, -0.25) is 23.9 Å². The van der Waals surface area contributed by atoms with Crippen molar-refractivity contribution in [2.75, 3.05) is 31.5 Å². The smallest absolute Gasteiger partial charge is 0.223 e. The normalized spacial score (nSPS) is 18.1. The zero-order chi connectivity index (χ0) is 33.6. The maximum absolute atomic E-state index is 13.0. The van der Waals surface area contributed by atoms with Gasteiger partial charge in [0.25, 0.3) is 0 Å². The Morgan fingerprint density at radius 2 is 1.64 bits per heavy atom. The van der Waals surface area contributed by atoms with E-state index in [9.17, 15) is 18.4 Å². The average Bonchev–Trinajstić information content (AvgIpc) is 3.84. The number of alkyl halides is 1. The number of carbonyl (C=O) groups is 2. The Kier molecular flexibility index (Phi) is 14.9. The van der Waals surface area contributed by atoms with Crippen LogP contribution in [-0.2, 0) is 41.5 Å². The summed E-state index contributed by atoms with van der Waals surface area (Å²) in [6.07, 6.45) is 14.1. The number of hydrogen-bond donors (Lipinski definition) is 2. The first-order valence-electron chi connectivity index (χ1n) is 15.7. The zero-order valence-electron chi connectivity index (χ0n) is 26.7. The second-order valence-electron chi connectivity index (χ2n) is 11.8. The second-order valence-corrected chi connectivity index (χ2v) is 14.3. The molecule has 0 spiro atoms. The number of piperidine rings is 2. The van der Waals surface area contributed by atoms with E-state index < -0.39 is 0 Å². The number of likely N-dealkylation sites (tertiary alicyclic amines) is 1. The Morgan fingerprint density at radius 1 is 0.957 bits per heavy atom. The number of thiazole rings is 2. The number of aromatic nitrogens is 6. The molecule has 2 atom stereocenters. The van der Waals surface area contributed by atoms with Gasteiger partial charge in [0.2, 0.25) is 5.91 Å². The highest BCUT2D eigenvalue weighted by Gasteiger charge is 2.21. The molecule has 2 N–H and O–H groups in total. The van der Waals surface area contributed by atoms with Crippen LogP contribution in [0, 0.1) is 23.5 Å². The summed E-state index contributed by atoms with van der Waals surface area (Å²) >= 11 is 8.57. The molecular weight excluding hydrogens is 668 g/mol. The van der Waals surface area contributed by atoms with Gasteiger partial charge in [-0.25, -0.2) is 18.7 Å². The number of Topliss-reactive ketones (excluding diaryl/α,β-unsaturated/α-hetero) is 1. The van der Waals surface area contributed by atoms with E-state index in [2.05, 4.69) is 35.7 Å². The number of amides is 1. The van der Waals surface area contributed by atoms with Gasteiger partial charge < -0.3 is 10.6 Å². The Labute approximate surface area is 286 Å². The van der Waals surface area contributed by atoms with Crippen molar-refractivity contribution in [1.82, 2.24) is 39.7 Å². The van der Waals surface area contributed by atoms with E-state index in [0.717, 1.165) is 73.4 Å². The van der Waals surface area contributed by atoms with Crippen LogP contribution >= 0.6 is 34.3 Å². The van der Waals surface area contributed by atoms with Crippen molar-refractivity contribution in [2.45, 2.75) is 71.5 Å². The molecule has 16 heteroatoms. The van der Waals surface area contributed by atoms with E-state index in [1.165, 1.54) is 67.2 Å². The van der Waals surface area contributed by atoms with Gasteiger partial charge in [0.15, 0.2) is 16.8 Å². The van der Waals surface area contributed by atoms with Crippen molar-refractivity contribution < 1.29 is 18.4 Å². The fourth-order valence-corrected chi connectivity index (χ4v) is 7.42. The molecule has 0 saturated carbocycles. The first kappa shape index (κ1) is 36.7. The lowest BCUT2D eigenvalue weighted by Crippen LogP contribution is -2.36. The Hall–Kier alpha value is -3.11. The quantitative estimate of drug-likeness (QED) is 0.211. The first-order valence-corrected chi connectivity index (χ1v) is 17.8. The Balaban J connectivity index is 0.000000176. The summed E-state index contributed by atoms with van der Waals surface area (Å²) in [6, 6.07) is 0. The maximum atomic E-state index is 13.0. The minimum absolute atomic E-state index is 0.101. The molecule has 2 aliphatic rings. The van der Waals surface area contributed by atoms with Crippen LogP contribution in [0.25, 0.3) is 0 Å². The summed E-state index contributed by atoms with van der Waals surface area (Å²) in [7, 11) is 0. The van der Waals surface area contributed by atoms with E-state index in [1.807, 2.05) is 6.20 Å². The topological polar surface area (TPSA) is 123 Å². The van der Waals surface area contributed by atoms with Gasteiger partial charge in [0.05, 0.1) is 37.1 Å². The summed E-state index contributed by atoms with van der Waals surface area (Å²) in [5.74, 6) is 1.07. The molecule has 0 aromatic carbocycles. The SMILES string of the molecule is CC(=O)Cc1ncc(CCl)s1.CC(=O)Nc1ncc(CN2CCCC(Cn3cc(F)cn3)C2)s1.Fc1cnn(CC2CCCNC2)c1. The highest BCUT2D eigenvalue weighted by molar-refractivity contribution is 7.15. The lowest BCUT2D eigenvalue weighted by molar-refractivity contribution is -0.116. The van der Waals surface area contributed by atoms with Crippen molar-refractivity contribution in [1.29, 1.82) is 0 Å². The van der Waals surface area contributed by atoms with Crippen LogP contribution in [0.3, 0.4) is 0 Å². The minimum atomic E-state index is -0.284. The summed E-state index contributed by atoms with van der Waals surface area (Å²) in [5.41, 5.74) is 0. The van der Waals surface area contributed by atoms with Crippen LogP contribution in [-0.4, -0.2) is 72.3 Å². The highest BCUT2D eigenvalue weighted by Crippen LogP contribution is 2.24. The fourth-order valence-electron chi connectivity index (χ4n) is 5.44. The molecule has 6 rings (SSSR count). The summed E-state index contributed by atoms with van der Waals surface area (Å²) in [6.45, 7) is 9.62. The van der Waals surface area contributed by atoms with Crippen molar-refractivity contribution in [2.24, 2.45) is 11.8 Å². The Morgan fingerprint density at radius 3 is 2.21 bits per heavy atom. The minimum Gasteiger partial charge on any atom is -0.316 e. The zero-order valence-corrected chi connectivity index (χ0v) is 29.1. The molecule has 1 amide bonds. The third kappa shape index (κ3) is 13.5. The van der Waals surface area contributed by atoms with Crippen molar-refractivity contribution in [3.05, 3.63) is 63.6 Å². The third-order valence-corrected chi connectivity index (χ3v) is 9.79. The molecule has 0 aliphatic carbocycles. The van der Waals surface area contributed by atoms with Crippen LogP contribution < -0.4 is 10.6 Å². The number of anilines is 1. The standard InChI is InChI=1S/C15H20FN5OS.C9H14FN3.C7H8ClNOS/c1-11(22)19-15-17-6-14(23-15)10-20-4-2-3-12(7-20)8-21-9-13(16)5-18-21;10-9-5-12-13(7-9)6-8-2-1-3-11-4-8;1-5(10)2-7-9-4-6(3-8)11-7/h5-6,9,12H,2-4,7-8,10H2,1H3,(H,17,19,22);5,7-8,11H,1-4,6H2;4H,2-3H2,1H3. The number of carbonyl (C=O) groups excluding carboxylic acids is 2. The molecule has 2 aliphatic heterocycles. The van der Waals surface area contributed by atoms with Crippen molar-refractivity contribution in [3.8, 4) is 0 Å². The molecule has 4 aromatic heterocycles. The van der Waals surface area contributed by atoms with Gasteiger partial charge in [-0.05, 0) is 64.1 Å². The van der Waals surface area contributed by atoms with Crippen LogP contribution in [0.2, 0.25) is 0 Å². The average molecular weight is 710 g/mol. The summed E-state index contributed by atoms with van der Waals surface area (Å²) in [4.78, 5) is 34.5. The van der Waals surface area contributed by atoms with Crippen LogP contribution in [0.4, 0.5) is 13.9 Å². The predicted molar refractivity (Wildman–Crippen MR) is 180 cm³/mol.